The molecule has 1 unspecified atom stereocenters. The number of ether oxygens (including phenoxy) is 1. The molecule has 2 nitrogen and oxygen atoms in total. The van der Waals surface area contributed by atoms with Crippen LogP contribution in [-0.2, 0) is 6.54 Å². The lowest BCUT2D eigenvalue weighted by molar-refractivity contribution is 0.414. The maximum Gasteiger partial charge on any atom is 0.119 e. The van der Waals surface area contributed by atoms with Crippen molar-refractivity contribution in [1.29, 1.82) is 0 Å². The van der Waals surface area contributed by atoms with Gasteiger partial charge in [0.15, 0.2) is 0 Å². The second kappa shape index (κ2) is 6.60. The maximum absolute atomic E-state index is 5.89. The van der Waals surface area contributed by atoms with Gasteiger partial charge in [0, 0.05) is 17.6 Å². The number of benzene rings is 2. The number of rotatable bonds is 5. The van der Waals surface area contributed by atoms with E-state index in [9.17, 15) is 0 Å². The Bertz CT molecular complexity index is 525. The number of hydrogen-bond acceptors (Lipinski definition) is 2. The van der Waals surface area contributed by atoms with Gasteiger partial charge in [-0.3, -0.25) is 0 Å². The van der Waals surface area contributed by atoms with Crippen LogP contribution in [0.25, 0.3) is 0 Å². The van der Waals surface area contributed by atoms with Crippen LogP contribution in [0.2, 0.25) is 5.02 Å². The van der Waals surface area contributed by atoms with Crippen molar-refractivity contribution in [1.82, 2.24) is 5.32 Å². The van der Waals surface area contributed by atoms with Crippen LogP contribution in [0.4, 0.5) is 0 Å². The molecular weight excluding hydrogens is 258 g/mol. The molecule has 2 aromatic rings. The second-order valence-electron chi connectivity index (χ2n) is 4.51. The molecule has 0 radical (unpaired) electrons. The summed E-state index contributed by atoms with van der Waals surface area (Å²) in [5.41, 5.74) is 2.44. The summed E-state index contributed by atoms with van der Waals surface area (Å²) in [5, 5.41) is 4.25. The van der Waals surface area contributed by atoms with E-state index in [2.05, 4.69) is 18.3 Å². The Morgan fingerprint density at radius 3 is 2.58 bits per heavy atom. The van der Waals surface area contributed by atoms with Crippen molar-refractivity contribution < 1.29 is 4.74 Å². The minimum Gasteiger partial charge on any atom is -0.497 e. The largest absolute Gasteiger partial charge is 0.497 e. The van der Waals surface area contributed by atoms with E-state index in [1.54, 1.807) is 7.11 Å². The first-order valence-corrected chi connectivity index (χ1v) is 6.68. The van der Waals surface area contributed by atoms with Gasteiger partial charge in [-0.05, 0) is 42.3 Å². The van der Waals surface area contributed by atoms with E-state index in [1.807, 2.05) is 42.5 Å². The molecule has 1 atom stereocenters. The molecular formula is C16H18ClNO. The Labute approximate surface area is 119 Å². The molecule has 100 valence electrons. The predicted octanol–water partition coefficient (Wildman–Crippen LogP) is 4.20. The zero-order valence-electron chi connectivity index (χ0n) is 11.2. The lowest BCUT2D eigenvalue weighted by Gasteiger charge is -2.14. The number of hydrogen-bond donors (Lipinski definition) is 1. The van der Waals surface area contributed by atoms with E-state index in [-0.39, 0.29) is 6.04 Å². The van der Waals surface area contributed by atoms with E-state index in [0.717, 1.165) is 17.3 Å². The molecule has 0 aliphatic carbocycles. The molecule has 0 saturated heterocycles. The van der Waals surface area contributed by atoms with Gasteiger partial charge in [-0.25, -0.2) is 0 Å². The summed E-state index contributed by atoms with van der Waals surface area (Å²) in [6.07, 6.45) is 0. The van der Waals surface area contributed by atoms with Crippen LogP contribution in [0.3, 0.4) is 0 Å². The van der Waals surface area contributed by atoms with Crippen molar-refractivity contribution in [2.45, 2.75) is 19.5 Å². The highest BCUT2D eigenvalue weighted by Crippen LogP contribution is 2.17. The highest BCUT2D eigenvalue weighted by Gasteiger charge is 2.05. The Morgan fingerprint density at radius 2 is 1.89 bits per heavy atom. The molecule has 0 aliphatic heterocycles. The standard InChI is InChI=1S/C16H18ClNO/c1-12(14-6-8-15(17)9-7-14)18-11-13-4-3-5-16(10-13)19-2/h3-10,12,18H,11H2,1-2H3. The van der Waals surface area contributed by atoms with Gasteiger partial charge in [-0.2, -0.15) is 0 Å². The van der Waals surface area contributed by atoms with Crippen molar-refractivity contribution in [3.63, 3.8) is 0 Å². The molecule has 0 heterocycles. The first-order valence-electron chi connectivity index (χ1n) is 6.31. The average molecular weight is 276 g/mol. The van der Waals surface area contributed by atoms with Crippen LogP contribution < -0.4 is 10.1 Å². The summed E-state index contributed by atoms with van der Waals surface area (Å²) < 4.78 is 5.22. The summed E-state index contributed by atoms with van der Waals surface area (Å²) in [6, 6.07) is 16.3. The zero-order valence-corrected chi connectivity index (χ0v) is 11.9. The summed E-state index contributed by atoms with van der Waals surface area (Å²) in [5.74, 6) is 0.887. The minimum absolute atomic E-state index is 0.281. The average Bonchev–Trinajstić information content (AvgIpc) is 2.46. The third-order valence-corrected chi connectivity index (χ3v) is 3.37. The molecule has 19 heavy (non-hydrogen) atoms. The van der Waals surface area contributed by atoms with Crippen LogP contribution in [-0.4, -0.2) is 7.11 Å². The fourth-order valence-electron chi connectivity index (χ4n) is 1.92. The fourth-order valence-corrected chi connectivity index (χ4v) is 2.05. The third kappa shape index (κ3) is 3.98. The molecule has 1 N–H and O–H groups in total. The molecule has 0 aromatic heterocycles. The van der Waals surface area contributed by atoms with E-state index < -0.39 is 0 Å². The van der Waals surface area contributed by atoms with Gasteiger partial charge in [0.1, 0.15) is 5.75 Å². The Kier molecular flexibility index (Phi) is 4.83. The highest BCUT2D eigenvalue weighted by atomic mass is 35.5. The molecule has 0 saturated carbocycles. The first-order chi connectivity index (χ1) is 9.19. The fraction of sp³-hybridized carbons (Fsp3) is 0.250. The van der Waals surface area contributed by atoms with Gasteiger partial charge in [0.05, 0.1) is 7.11 Å². The lowest BCUT2D eigenvalue weighted by atomic mass is 10.1. The Morgan fingerprint density at radius 1 is 1.16 bits per heavy atom. The highest BCUT2D eigenvalue weighted by molar-refractivity contribution is 6.30. The lowest BCUT2D eigenvalue weighted by Crippen LogP contribution is -2.17. The zero-order chi connectivity index (χ0) is 13.7. The predicted molar refractivity (Wildman–Crippen MR) is 79.7 cm³/mol. The molecule has 0 aliphatic rings. The summed E-state index contributed by atoms with van der Waals surface area (Å²) in [4.78, 5) is 0. The van der Waals surface area contributed by atoms with E-state index in [0.29, 0.717) is 0 Å². The molecule has 3 heteroatoms. The van der Waals surface area contributed by atoms with E-state index >= 15 is 0 Å². The first kappa shape index (κ1) is 13.9. The van der Waals surface area contributed by atoms with Gasteiger partial charge < -0.3 is 10.1 Å². The van der Waals surface area contributed by atoms with Crippen molar-refractivity contribution in [2.75, 3.05) is 7.11 Å². The van der Waals surface area contributed by atoms with Gasteiger partial charge in [0.25, 0.3) is 0 Å². The Hall–Kier alpha value is -1.51. The minimum atomic E-state index is 0.281. The van der Waals surface area contributed by atoms with Crippen molar-refractivity contribution in [2.24, 2.45) is 0 Å². The van der Waals surface area contributed by atoms with Crippen molar-refractivity contribution >= 4 is 11.6 Å². The smallest absolute Gasteiger partial charge is 0.119 e. The van der Waals surface area contributed by atoms with Crippen LogP contribution in [0, 0.1) is 0 Å². The quantitative estimate of drug-likeness (QED) is 0.883. The number of methoxy groups -OCH3 is 1. The second-order valence-corrected chi connectivity index (χ2v) is 4.94. The van der Waals surface area contributed by atoms with Gasteiger partial charge in [0.2, 0.25) is 0 Å². The van der Waals surface area contributed by atoms with Crippen LogP contribution in [0.1, 0.15) is 24.1 Å². The molecule has 2 aromatic carbocycles. The van der Waals surface area contributed by atoms with Gasteiger partial charge >= 0.3 is 0 Å². The van der Waals surface area contributed by atoms with Crippen molar-refractivity contribution in [3.8, 4) is 5.75 Å². The third-order valence-electron chi connectivity index (χ3n) is 3.12. The van der Waals surface area contributed by atoms with E-state index in [4.69, 9.17) is 16.3 Å². The SMILES string of the molecule is COc1cccc(CNC(C)c2ccc(Cl)cc2)c1. The topological polar surface area (TPSA) is 21.3 Å². The Balaban J connectivity index is 1.96. The molecule has 0 amide bonds. The van der Waals surface area contributed by atoms with Crippen LogP contribution >= 0.6 is 11.6 Å². The van der Waals surface area contributed by atoms with Gasteiger partial charge in [-0.1, -0.05) is 35.9 Å². The maximum atomic E-state index is 5.89. The molecule has 2 rings (SSSR count). The van der Waals surface area contributed by atoms with Crippen molar-refractivity contribution in [3.05, 3.63) is 64.7 Å². The molecule has 0 fully saturated rings. The summed E-state index contributed by atoms with van der Waals surface area (Å²) in [7, 11) is 1.68. The van der Waals surface area contributed by atoms with Gasteiger partial charge in [-0.15, -0.1) is 0 Å². The van der Waals surface area contributed by atoms with Crippen LogP contribution in [0.5, 0.6) is 5.75 Å². The summed E-state index contributed by atoms with van der Waals surface area (Å²) in [6.45, 7) is 2.95. The molecule has 0 bridgehead atoms. The number of nitrogens with one attached hydrogen (secondary N) is 1. The monoisotopic (exact) mass is 275 g/mol. The molecule has 0 spiro atoms. The number of halogens is 1. The van der Waals surface area contributed by atoms with E-state index in [1.165, 1.54) is 11.1 Å². The normalized spacial score (nSPS) is 12.2. The van der Waals surface area contributed by atoms with Crippen LogP contribution in [0.15, 0.2) is 48.5 Å². The summed E-state index contributed by atoms with van der Waals surface area (Å²) >= 11 is 5.89.